The van der Waals surface area contributed by atoms with Crippen LogP contribution < -0.4 is 0 Å². The third-order valence-corrected chi connectivity index (χ3v) is 6.40. The third kappa shape index (κ3) is 42.7. The average molecular weight is 525 g/mol. The van der Waals surface area contributed by atoms with Crippen molar-refractivity contribution < 1.29 is 14.2 Å². The van der Waals surface area contributed by atoms with Gasteiger partial charge in [-0.1, -0.05) is 142 Å². The largest absolute Gasteiger partial charge is 0.355 e. The summed E-state index contributed by atoms with van der Waals surface area (Å²) in [5.74, 6) is 0. The summed E-state index contributed by atoms with van der Waals surface area (Å²) < 4.78 is 16.0. The van der Waals surface area contributed by atoms with Gasteiger partial charge in [0.05, 0.1) is 0 Å². The molecule has 37 heavy (non-hydrogen) atoms. The van der Waals surface area contributed by atoms with Crippen molar-refractivity contribution in [2.75, 3.05) is 26.8 Å². The molecule has 0 unspecified atom stereocenters. The first-order chi connectivity index (χ1) is 18.3. The summed E-state index contributed by atoms with van der Waals surface area (Å²) in [5, 5.41) is 0. The summed E-state index contributed by atoms with van der Waals surface area (Å²) in [6.45, 7) is 11.3. The summed E-state index contributed by atoms with van der Waals surface area (Å²) in [7, 11) is 0. The maximum absolute atomic E-state index is 5.37. The Balaban J connectivity index is 0. The first-order valence-corrected chi connectivity index (χ1v) is 16.4. The second kappa shape index (κ2) is 39.9. The molecule has 3 heteroatoms. The molecule has 0 aliphatic heterocycles. The number of allylic oxidation sites excluding steroid dienone is 4. The van der Waals surface area contributed by atoms with Crippen molar-refractivity contribution in [3.05, 3.63) is 24.3 Å². The van der Waals surface area contributed by atoms with Gasteiger partial charge in [-0.2, -0.15) is 0 Å². The quantitative estimate of drug-likeness (QED) is 0.0553. The summed E-state index contributed by atoms with van der Waals surface area (Å²) in [4.78, 5) is 0. The highest BCUT2D eigenvalue weighted by Gasteiger charge is 1.93. The normalized spacial score (nSPS) is 11.5. The molecule has 0 saturated heterocycles. The van der Waals surface area contributed by atoms with E-state index in [1.165, 1.54) is 128 Å². The monoisotopic (exact) mass is 525 g/mol. The smallest absolute Gasteiger partial charge is 0.149 e. The number of ether oxygens (including phenoxy) is 3. The molecular weight excluding hydrogens is 456 g/mol. The van der Waals surface area contributed by atoms with Gasteiger partial charge in [0.15, 0.2) is 0 Å². The maximum Gasteiger partial charge on any atom is 0.149 e. The van der Waals surface area contributed by atoms with Gasteiger partial charge in [0.1, 0.15) is 13.6 Å². The highest BCUT2D eigenvalue weighted by Crippen LogP contribution is 2.10. The molecule has 0 fully saturated rings. The molecule has 0 radical (unpaired) electrons. The number of unbranched alkanes of at least 4 members (excludes halogenated alkanes) is 17. The van der Waals surface area contributed by atoms with Gasteiger partial charge in [0.25, 0.3) is 0 Å². The molecule has 0 aromatic carbocycles. The van der Waals surface area contributed by atoms with Gasteiger partial charge < -0.3 is 14.2 Å². The molecule has 0 aliphatic rings. The maximum atomic E-state index is 5.37. The fourth-order valence-corrected chi connectivity index (χ4v) is 3.96. The third-order valence-electron chi connectivity index (χ3n) is 6.40. The van der Waals surface area contributed by atoms with Crippen LogP contribution >= 0.6 is 0 Å². The van der Waals surface area contributed by atoms with E-state index in [9.17, 15) is 0 Å². The minimum atomic E-state index is 0.365. The van der Waals surface area contributed by atoms with Gasteiger partial charge in [0.2, 0.25) is 0 Å². The highest BCUT2D eigenvalue weighted by molar-refractivity contribution is 4.81. The molecule has 0 aliphatic carbocycles. The van der Waals surface area contributed by atoms with Crippen molar-refractivity contribution in [1.29, 1.82) is 0 Å². The van der Waals surface area contributed by atoms with Crippen LogP contribution in [0.15, 0.2) is 24.3 Å². The van der Waals surface area contributed by atoms with E-state index < -0.39 is 0 Å². The summed E-state index contributed by atoms with van der Waals surface area (Å²) in [6, 6.07) is 0. The van der Waals surface area contributed by atoms with Crippen LogP contribution in [-0.2, 0) is 14.2 Å². The van der Waals surface area contributed by atoms with Crippen LogP contribution in [0.4, 0.5) is 0 Å². The van der Waals surface area contributed by atoms with Crippen LogP contribution in [0.25, 0.3) is 0 Å². The Bertz CT molecular complexity index is 403. The minimum Gasteiger partial charge on any atom is -0.355 e. The Morgan fingerprint density at radius 2 is 0.730 bits per heavy atom. The van der Waals surface area contributed by atoms with E-state index in [0.29, 0.717) is 13.6 Å². The molecule has 222 valence electrons. The van der Waals surface area contributed by atoms with Crippen LogP contribution in [0.1, 0.15) is 169 Å². The molecule has 0 atom stereocenters. The van der Waals surface area contributed by atoms with Crippen molar-refractivity contribution in [2.45, 2.75) is 169 Å². The first-order valence-electron chi connectivity index (χ1n) is 16.4. The summed E-state index contributed by atoms with van der Waals surface area (Å²) in [5.41, 5.74) is 0. The Kier molecular flexibility index (Phi) is 41.5. The van der Waals surface area contributed by atoms with E-state index in [-0.39, 0.29) is 0 Å². The molecule has 0 bridgehead atoms. The van der Waals surface area contributed by atoms with Crippen molar-refractivity contribution >= 4 is 0 Å². The second-order valence-electron chi connectivity index (χ2n) is 10.3. The average Bonchev–Trinajstić information content (AvgIpc) is 2.91. The van der Waals surface area contributed by atoms with E-state index >= 15 is 0 Å². The predicted octanol–water partition coefficient (Wildman–Crippen LogP) is 11.7. The lowest BCUT2D eigenvalue weighted by Gasteiger charge is -2.07. The zero-order valence-electron chi connectivity index (χ0n) is 25.9. The lowest BCUT2D eigenvalue weighted by atomic mass is 10.1. The molecule has 0 heterocycles. The van der Waals surface area contributed by atoms with E-state index in [0.717, 1.165) is 26.1 Å². The molecule has 0 N–H and O–H groups in total. The van der Waals surface area contributed by atoms with Crippen molar-refractivity contribution in [3.63, 3.8) is 0 Å². The standard InChI is InChI=1S/C18H34.C16H34O3/c1-3-5-7-9-11-13-15-17-18-16-14-12-10-8-6-4-2;1-3-5-7-9-11-13-17-15-19-16-18-14-12-10-8-6-4-2/h5,7,10,12H,3-4,6,8-9,11,13-18H2,1-2H3;3-16H2,1-2H3/b7-5+,12-10-;. The molecule has 0 aromatic rings. The fourth-order valence-electron chi connectivity index (χ4n) is 3.96. The van der Waals surface area contributed by atoms with Gasteiger partial charge >= 0.3 is 0 Å². The van der Waals surface area contributed by atoms with E-state index in [2.05, 4.69) is 52.0 Å². The first kappa shape index (κ1) is 38.5. The molecule has 0 amide bonds. The van der Waals surface area contributed by atoms with Gasteiger partial charge in [-0.05, 0) is 51.4 Å². The Morgan fingerprint density at radius 1 is 0.351 bits per heavy atom. The van der Waals surface area contributed by atoms with Crippen LogP contribution in [0, 0.1) is 0 Å². The molecular formula is C34H68O3. The van der Waals surface area contributed by atoms with E-state index in [1.54, 1.807) is 0 Å². The number of hydrogen-bond acceptors (Lipinski definition) is 3. The zero-order chi connectivity index (χ0) is 27.3. The number of rotatable bonds is 29. The van der Waals surface area contributed by atoms with Gasteiger partial charge in [0, 0.05) is 13.2 Å². The fraction of sp³-hybridized carbons (Fsp3) is 0.882. The van der Waals surface area contributed by atoms with E-state index in [1.807, 2.05) is 0 Å². The van der Waals surface area contributed by atoms with Crippen LogP contribution in [0.5, 0.6) is 0 Å². The molecule has 0 saturated carbocycles. The number of hydrogen-bond donors (Lipinski definition) is 0. The van der Waals surface area contributed by atoms with Gasteiger partial charge in [-0.25, -0.2) is 0 Å². The molecule has 0 spiro atoms. The molecule has 0 aromatic heterocycles. The Morgan fingerprint density at radius 3 is 1.19 bits per heavy atom. The van der Waals surface area contributed by atoms with Crippen molar-refractivity contribution in [1.82, 2.24) is 0 Å². The van der Waals surface area contributed by atoms with Crippen molar-refractivity contribution in [2.24, 2.45) is 0 Å². The predicted molar refractivity (Wildman–Crippen MR) is 165 cm³/mol. The van der Waals surface area contributed by atoms with Crippen LogP contribution in [-0.4, -0.2) is 26.8 Å². The zero-order valence-corrected chi connectivity index (χ0v) is 25.9. The van der Waals surface area contributed by atoms with Crippen molar-refractivity contribution in [3.8, 4) is 0 Å². The lowest BCUT2D eigenvalue weighted by molar-refractivity contribution is -0.131. The second-order valence-corrected chi connectivity index (χ2v) is 10.3. The lowest BCUT2D eigenvalue weighted by Crippen LogP contribution is -2.06. The van der Waals surface area contributed by atoms with Gasteiger partial charge in [-0.15, -0.1) is 0 Å². The van der Waals surface area contributed by atoms with Crippen LogP contribution in [0.2, 0.25) is 0 Å². The topological polar surface area (TPSA) is 27.7 Å². The highest BCUT2D eigenvalue weighted by atomic mass is 16.7. The van der Waals surface area contributed by atoms with E-state index in [4.69, 9.17) is 14.2 Å². The van der Waals surface area contributed by atoms with Gasteiger partial charge in [-0.3, -0.25) is 0 Å². The van der Waals surface area contributed by atoms with Crippen LogP contribution in [0.3, 0.4) is 0 Å². The minimum absolute atomic E-state index is 0.365. The Labute approximate surface area is 234 Å². The Hall–Kier alpha value is -0.640. The molecule has 3 nitrogen and oxygen atoms in total. The molecule has 0 rings (SSSR count). The SMILES string of the molecule is CC/C=C/CCCCCCCC/C=C\CCCC.CCCCCCCOCOCOCCCCCCC. The summed E-state index contributed by atoms with van der Waals surface area (Å²) in [6.07, 6.45) is 38.3. The summed E-state index contributed by atoms with van der Waals surface area (Å²) >= 11 is 0.